The lowest BCUT2D eigenvalue weighted by Crippen LogP contribution is -2.38. The predicted octanol–water partition coefficient (Wildman–Crippen LogP) is 3.24. The Hall–Kier alpha value is -0.680. The van der Waals surface area contributed by atoms with Crippen molar-refractivity contribution in [2.45, 2.75) is 31.3 Å². The third-order valence-corrected chi connectivity index (χ3v) is 5.26. The van der Waals surface area contributed by atoms with Gasteiger partial charge in [0.05, 0.1) is 5.02 Å². The van der Waals surface area contributed by atoms with Gasteiger partial charge in [0.15, 0.2) is 0 Å². The Morgan fingerprint density at radius 1 is 1.32 bits per heavy atom. The van der Waals surface area contributed by atoms with Gasteiger partial charge in [-0.1, -0.05) is 17.7 Å². The summed E-state index contributed by atoms with van der Waals surface area (Å²) in [4.78, 5) is 2.32. The highest BCUT2D eigenvalue weighted by molar-refractivity contribution is 6.30. The number of likely N-dealkylation sites (tertiary alicyclic amines) is 1. The number of benzene rings is 1. The van der Waals surface area contributed by atoms with Crippen LogP contribution in [-0.4, -0.2) is 44.3 Å². The van der Waals surface area contributed by atoms with Crippen LogP contribution in [0.4, 0.5) is 4.39 Å². The summed E-state index contributed by atoms with van der Waals surface area (Å²) in [7, 11) is 2.12. The molecular weight excluding hydrogens is 303 g/mol. The zero-order chi connectivity index (χ0) is 15.5. The Morgan fingerprint density at radius 2 is 2.09 bits per heavy atom. The van der Waals surface area contributed by atoms with Crippen LogP contribution in [0, 0.1) is 11.7 Å². The topological polar surface area (TPSA) is 24.5 Å². The Morgan fingerprint density at radius 3 is 2.82 bits per heavy atom. The molecule has 0 spiro atoms. The third-order valence-electron chi connectivity index (χ3n) is 4.95. The van der Waals surface area contributed by atoms with Crippen LogP contribution in [0.5, 0.6) is 0 Å². The van der Waals surface area contributed by atoms with Gasteiger partial charge in [0.1, 0.15) is 5.82 Å². The molecule has 5 heteroatoms. The highest BCUT2D eigenvalue weighted by Crippen LogP contribution is 2.36. The van der Waals surface area contributed by atoms with E-state index in [1.165, 1.54) is 0 Å². The summed E-state index contributed by atoms with van der Waals surface area (Å²) in [5, 5.41) is 3.88. The van der Waals surface area contributed by atoms with E-state index in [0.29, 0.717) is 12.0 Å². The van der Waals surface area contributed by atoms with Crippen LogP contribution in [0.3, 0.4) is 0 Å². The fourth-order valence-corrected chi connectivity index (χ4v) is 3.80. The Balaban J connectivity index is 1.66. The molecule has 2 saturated heterocycles. The molecule has 3 rings (SSSR count). The minimum absolute atomic E-state index is 0.196. The molecule has 0 saturated carbocycles. The smallest absolute Gasteiger partial charge is 0.142 e. The number of nitrogens with one attached hydrogen (secondary N) is 1. The van der Waals surface area contributed by atoms with Gasteiger partial charge in [-0.3, -0.25) is 4.90 Å². The lowest BCUT2D eigenvalue weighted by molar-refractivity contribution is 0.0763. The number of ether oxygens (including phenoxy) is 1. The van der Waals surface area contributed by atoms with Crippen LogP contribution in [0.1, 0.15) is 30.9 Å². The van der Waals surface area contributed by atoms with Crippen molar-refractivity contribution < 1.29 is 9.13 Å². The molecule has 0 unspecified atom stereocenters. The normalized spacial score (nSPS) is 27.4. The molecule has 0 amide bonds. The van der Waals surface area contributed by atoms with Crippen molar-refractivity contribution in [1.82, 2.24) is 10.2 Å². The molecule has 2 aliphatic rings. The van der Waals surface area contributed by atoms with Crippen LogP contribution >= 0.6 is 11.6 Å². The molecule has 0 aliphatic carbocycles. The molecule has 1 N–H and O–H groups in total. The Bertz CT molecular complexity index is 507. The van der Waals surface area contributed by atoms with E-state index < -0.39 is 0 Å². The fraction of sp³-hybridized carbons (Fsp3) is 0.647. The second kappa shape index (κ2) is 7.26. The zero-order valence-corrected chi connectivity index (χ0v) is 13.8. The highest BCUT2D eigenvalue weighted by Gasteiger charge is 2.33. The lowest BCUT2D eigenvalue weighted by Gasteiger charge is -2.29. The molecule has 122 valence electrons. The van der Waals surface area contributed by atoms with Crippen molar-refractivity contribution in [3.8, 4) is 0 Å². The van der Waals surface area contributed by atoms with Gasteiger partial charge in [0, 0.05) is 31.8 Å². The SMILES string of the molecule is CN1CC[C@H](CNC2CCOCC2)[C@H]1c1ccc(Cl)c(F)c1. The molecule has 0 aromatic heterocycles. The Kier molecular flexibility index (Phi) is 5.34. The minimum atomic E-state index is -0.324. The van der Waals surface area contributed by atoms with Gasteiger partial charge in [-0.2, -0.15) is 0 Å². The van der Waals surface area contributed by atoms with E-state index in [-0.39, 0.29) is 16.9 Å². The maximum Gasteiger partial charge on any atom is 0.142 e. The summed E-state index contributed by atoms with van der Waals surface area (Å²) < 4.78 is 19.2. The molecule has 1 aromatic rings. The van der Waals surface area contributed by atoms with Crippen molar-refractivity contribution in [1.29, 1.82) is 0 Å². The minimum Gasteiger partial charge on any atom is -0.381 e. The Labute approximate surface area is 136 Å². The number of hydrogen-bond donors (Lipinski definition) is 1. The molecule has 2 aliphatic heterocycles. The van der Waals surface area contributed by atoms with Crippen LogP contribution < -0.4 is 5.32 Å². The van der Waals surface area contributed by atoms with Crippen molar-refractivity contribution in [2.24, 2.45) is 5.92 Å². The molecule has 2 heterocycles. The predicted molar refractivity (Wildman–Crippen MR) is 86.7 cm³/mol. The standard InChI is InChI=1S/C17H24ClFN2O/c1-21-7-4-13(11-20-14-5-8-22-9-6-14)17(21)12-2-3-15(18)16(19)10-12/h2-3,10,13-14,17,20H,4-9,11H2,1H3/t13-,17-/m1/s1. The van der Waals surface area contributed by atoms with E-state index in [2.05, 4.69) is 17.3 Å². The maximum absolute atomic E-state index is 13.8. The zero-order valence-electron chi connectivity index (χ0n) is 13.0. The molecule has 0 radical (unpaired) electrons. The van der Waals surface area contributed by atoms with Crippen molar-refractivity contribution in [3.05, 3.63) is 34.6 Å². The highest BCUT2D eigenvalue weighted by atomic mass is 35.5. The molecule has 0 bridgehead atoms. The van der Waals surface area contributed by atoms with E-state index >= 15 is 0 Å². The van der Waals surface area contributed by atoms with Crippen molar-refractivity contribution in [2.75, 3.05) is 33.4 Å². The number of halogens is 2. The first-order valence-electron chi connectivity index (χ1n) is 8.11. The monoisotopic (exact) mass is 326 g/mol. The summed E-state index contributed by atoms with van der Waals surface area (Å²) in [5.74, 6) is 0.184. The van der Waals surface area contributed by atoms with Crippen molar-refractivity contribution >= 4 is 11.6 Å². The van der Waals surface area contributed by atoms with Crippen LogP contribution in [-0.2, 0) is 4.74 Å². The molecule has 2 atom stereocenters. The average Bonchev–Trinajstić information content (AvgIpc) is 2.90. The maximum atomic E-state index is 13.8. The third kappa shape index (κ3) is 3.62. The van der Waals surface area contributed by atoms with E-state index in [1.807, 2.05) is 6.07 Å². The average molecular weight is 327 g/mol. The van der Waals surface area contributed by atoms with Crippen molar-refractivity contribution in [3.63, 3.8) is 0 Å². The summed E-state index contributed by atoms with van der Waals surface area (Å²) in [6.07, 6.45) is 3.31. The quantitative estimate of drug-likeness (QED) is 0.919. The number of rotatable bonds is 4. The van der Waals surface area contributed by atoms with E-state index in [0.717, 1.165) is 51.1 Å². The van der Waals surface area contributed by atoms with E-state index in [9.17, 15) is 4.39 Å². The second-order valence-electron chi connectivity index (χ2n) is 6.44. The fourth-order valence-electron chi connectivity index (χ4n) is 3.68. The van der Waals surface area contributed by atoms with Crippen LogP contribution in [0.15, 0.2) is 18.2 Å². The first-order chi connectivity index (χ1) is 10.6. The first kappa shape index (κ1) is 16.2. The van der Waals surface area contributed by atoms with Gasteiger partial charge in [-0.15, -0.1) is 0 Å². The molecule has 3 nitrogen and oxygen atoms in total. The van der Waals surface area contributed by atoms with E-state index in [1.54, 1.807) is 12.1 Å². The molecule has 22 heavy (non-hydrogen) atoms. The van der Waals surface area contributed by atoms with Gasteiger partial charge >= 0.3 is 0 Å². The summed E-state index contributed by atoms with van der Waals surface area (Å²) in [6, 6.07) is 6.04. The number of nitrogens with zero attached hydrogens (tertiary/aromatic N) is 1. The largest absolute Gasteiger partial charge is 0.381 e. The molecular formula is C17H24ClFN2O. The summed E-state index contributed by atoms with van der Waals surface area (Å²) in [5.41, 5.74) is 1.03. The van der Waals surface area contributed by atoms with Gasteiger partial charge < -0.3 is 10.1 Å². The first-order valence-corrected chi connectivity index (χ1v) is 8.49. The van der Waals surface area contributed by atoms with Gasteiger partial charge in [-0.25, -0.2) is 4.39 Å². The molecule has 2 fully saturated rings. The lowest BCUT2D eigenvalue weighted by atomic mass is 9.93. The summed E-state index contributed by atoms with van der Waals surface area (Å²) in [6.45, 7) is 3.74. The number of hydrogen-bond acceptors (Lipinski definition) is 3. The van der Waals surface area contributed by atoms with Crippen LogP contribution in [0.2, 0.25) is 5.02 Å². The second-order valence-corrected chi connectivity index (χ2v) is 6.85. The van der Waals surface area contributed by atoms with Crippen LogP contribution in [0.25, 0.3) is 0 Å². The summed E-state index contributed by atoms with van der Waals surface area (Å²) >= 11 is 5.81. The van der Waals surface area contributed by atoms with Gasteiger partial charge in [-0.05, 0) is 56.5 Å². The molecule has 1 aromatic carbocycles. The van der Waals surface area contributed by atoms with Gasteiger partial charge in [0.25, 0.3) is 0 Å². The van der Waals surface area contributed by atoms with Gasteiger partial charge in [0.2, 0.25) is 0 Å². The van der Waals surface area contributed by atoms with E-state index in [4.69, 9.17) is 16.3 Å².